The highest BCUT2D eigenvalue weighted by Crippen LogP contribution is 2.16. The zero-order chi connectivity index (χ0) is 19.9. The Hall–Kier alpha value is -2.04. The molecule has 0 unspecified atom stereocenters. The van der Waals surface area contributed by atoms with Gasteiger partial charge in [-0.1, -0.05) is 83.3 Å². The van der Waals surface area contributed by atoms with E-state index >= 15 is 0 Å². The molecule has 0 fully saturated rings. The van der Waals surface area contributed by atoms with Crippen molar-refractivity contribution in [2.24, 2.45) is 0 Å². The van der Waals surface area contributed by atoms with Crippen molar-refractivity contribution >= 4 is 17.3 Å². The van der Waals surface area contributed by atoms with Crippen molar-refractivity contribution in [3.8, 4) is 0 Å². The Balaban J connectivity index is 2.09. The lowest BCUT2D eigenvalue weighted by Gasteiger charge is -2.03. The van der Waals surface area contributed by atoms with Crippen LogP contribution >= 0.6 is 0 Å². The van der Waals surface area contributed by atoms with E-state index in [1.54, 1.807) is 0 Å². The summed E-state index contributed by atoms with van der Waals surface area (Å²) >= 11 is 0. The maximum absolute atomic E-state index is 12.1. The summed E-state index contributed by atoms with van der Waals surface area (Å²) < 4.78 is 0. The molecule has 0 saturated carbocycles. The lowest BCUT2D eigenvalue weighted by Crippen LogP contribution is -2.08. The van der Waals surface area contributed by atoms with Gasteiger partial charge < -0.3 is 0 Å². The molecule has 0 aliphatic carbocycles. The predicted molar refractivity (Wildman–Crippen MR) is 108 cm³/mol. The van der Waals surface area contributed by atoms with Gasteiger partial charge in [0.2, 0.25) is 0 Å². The second-order valence-corrected chi connectivity index (χ2v) is 7.23. The van der Waals surface area contributed by atoms with Gasteiger partial charge in [-0.25, -0.2) is 0 Å². The van der Waals surface area contributed by atoms with Gasteiger partial charge in [-0.15, -0.1) is 0 Å². The predicted octanol–water partition coefficient (Wildman–Crippen LogP) is 6.44. The van der Waals surface area contributed by atoms with Crippen molar-refractivity contribution in [3.05, 3.63) is 39.9 Å². The van der Waals surface area contributed by atoms with Crippen LogP contribution in [0.3, 0.4) is 0 Å². The SMILES string of the molecule is CCCCCCCCCCCCCC(=O)CC(=O)c1cccc([N+](=O)[O-])c1. The summed E-state index contributed by atoms with van der Waals surface area (Å²) in [6.07, 6.45) is 13.7. The van der Waals surface area contributed by atoms with Gasteiger partial charge in [-0.2, -0.15) is 0 Å². The summed E-state index contributed by atoms with van der Waals surface area (Å²) in [4.78, 5) is 34.3. The Morgan fingerprint density at radius 2 is 1.44 bits per heavy atom. The largest absolute Gasteiger partial charge is 0.299 e. The number of nitrogens with zero attached hydrogens (tertiary/aromatic N) is 1. The third kappa shape index (κ3) is 10.6. The Morgan fingerprint density at radius 1 is 0.889 bits per heavy atom. The van der Waals surface area contributed by atoms with Gasteiger partial charge in [0.25, 0.3) is 5.69 Å². The van der Waals surface area contributed by atoms with Crippen molar-refractivity contribution in [3.63, 3.8) is 0 Å². The van der Waals surface area contributed by atoms with Gasteiger partial charge in [-0.05, 0) is 6.42 Å². The Kier molecular flexibility index (Phi) is 12.0. The molecule has 0 saturated heterocycles. The summed E-state index contributed by atoms with van der Waals surface area (Å²) in [5.41, 5.74) is 0.107. The number of carbonyl (C=O) groups excluding carboxylic acids is 2. The monoisotopic (exact) mass is 375 g/mol. The molecule has 0 heterocycles. The first-order valence-corrected chi connectivity index (χ1v) is 10.3. The number of non-ortho nitro benzene ring substituents is 1. The minimum absolute atomic E-state index is 0.0811. The van der Waals surface area contributed by atoms with Crippen LogP contribution in [0.25, 0.3) is 0 Å². The number of Topliss-reactive ketones (excluding diaryl/α,β-unsaturated/α-hetero) is 2. The highest BCUT2D eigenvalue weighted by Gasteiger charge is 2.14. The number of carbonyl (C=O) groups is 2. The van der Waals surface area contributed by atoms with Crippen LogP contribution in [0.1, 0.15) is 101 Å². The normalized spacial score (nSPS) is 10.7. The number of nitro benzene ring substituents is 1. The number of benzene rings is 1. The van der Waals surface area contributed by atoms with Crippen LogP contribution < -0.4 is 0 Å². The van der Waals surface area contributed by atoms with E-state index in [-0.39, 0.29) is 29.2 Å². The lowest BCUT2D eigenvalue weighted by molar-refractivity contribution is -0.384. The van der Waals surface area contributed by atoms with Crippen molar-refractivity contribution in [1.29, 1.82) is 0 Å². The molecule has 1 rings (SSSR count). The molecule has 1 aromatic rings. The molecule has 27 heavy (non-hydrogen) atoms. The van der Waals surface area contributed by atoms with Gasteiger partial charge in [0.1, 0.15) is 5.78 Å². The zero-order valence-corrected chi connectivity index (χ0v) is 16.6. The molecule has 0 aliphatic rings. The first kappa shape index (κ1) is 23.0. The van der Waals surface area contributed by atoms with E-state index in [0.29, 0.717) is 6.42 Å². The molecular formula is C22H33NO4. The van der Waals surface area contributed by atoms with E-state index in [1.165, 1.54) is 75.6 Å². The number of unbranched alkanes of at least 4 members (excludes halogenated alkanes) is 10. The standard InChI is InChI=1S/C22H33NO4/c1-2-3-4-5-6-7-8-9-10-11-12-16-21(24)18-22(25)19-14-13-15-20(17-19)23(26)27/h13-15,17H,2-12,16,18H2,1H3. The van der Waals surface area contributed by atoms with Crippen LogP contribution in [-0.2, 0) is 4.79 Å². The maximum atomic E-state index is 12.1. The molecule has 1 aromatic carbocycles. The van der Waals surface area contributed by atoms with Crippen molar-refractivity contribution in [2.75, 3.05) is 0 Å². The first-order valence-electron chi connectivity index (χ1n) is 10.3. The summed E-state index contributed by atoms with van der Waals surface area (Å²) in [6, 6.07) is 5.56. The van der Waals surface area contributed by atoms with Gasteiger partial charge in [0, 0.05) is 24.1 Å². The smallest absolute Gasteiger partial charge is 0.270 e. The first-order chi connectivity index (χ1) is 13.0. The van der Waals surface area contributed by atoms with E-state index in [1.807, 2.05) is 0 Å². The summed E-state index contributed by atoms with van der Waals surface area (Å²) in [7, 11) is 0. The highest BCUT2D eigenvalue weighted by molar-refractivity contribution is 6.08. The van der Waals surface area contributed by atoms with Gasteiger partial charge in [-0.3, -0.25) is 19.7 Å². The number of hydrogen-bond acceptors (Lipinski definition) is 4. The minimum Gasteiger partial charge on any atom is -0.299 e. The Labute approximate surface area is 162 Å². The second kappa shape index (κ2) is 14.1. The Bertz CT molecular complexity index is 598. The summed E-state index contributed by atoms with van der Waals surface area (Å²) in [5.74, 6) is -0.422. The van der Waals surface area contributed by atoms with E-state index in [4.69, 9.17) is 0 Å². The molecule has 0 bridgehead atoms. The van der Waals surface area contributed by atoms with Crippen LogP contribution in [0.4, 0.5) is 5.69 Å². The number of rotatable bonds is 16. The molecule has 0 atom stereocenters. The van der Waals surface area contributed by atoms with Gasteiger partial charge in [0.05, 0.1) is 11.3 Å². The van der Waals surface area contributed by atoms with Gasteiger partial charge >= 0.3 is 0 Å². The third-order valence-electron chi connectivity index (χ3n) is 4.80. The molecule has 0 amide bonds. The van der Waals surface area contributed by atoms with E-state index in [0.717, 1.165) is 19.3 Å². The van der Waals surface area contributed by atoms with Crippen molar-refractivity contribution in [2.45, 2.75) is 90.4 Å². The van der Waals surface area contributed by atoms with Crippen molar-refractivity contribution in [1.82, 2.24) is 0 Å². The molecule has 150 valence electrons. The molecule has 0 spiro atoms. The average Bonchev–Trinajstić information content (AvgIpc) is 2.66. The molecule has 0 radical (unpaired) electrons. The fourth-order valence-corrected chi connectivity index (χ4v) is 3.15. The van der Waals surface area contributed by atoms with Crippen LogP contribution in [0.15, 0.2) is 24.3 Å². The number of hydrogen-bond donors (Lipinski definition) is 0. The molecule has 0 N–H and O–H groups in total. The highest BCUT2D eigenvalue weighted by atomic mass is 16.6. The average molecular weight is 376 g/mol. The number of ketones is 2. The second-order valence-electron chi connectivity index (χ2n) is 7.23. The minimum atomic E-state index is -0.538. The maximum Gasteiger partial charge on any atom is 0.270 e. The zero-order valence-electron chi connectivity index (χ0n) is 16.6. The van der Waals surface area contributed by atoms with Gasteiger partial charge in [0.15, 0.2) is 5.78 Å². The molecular weight excluding hydrogens is 342 g/mol. The van der Waals surface area contributed by atoms with Crippen LogP contribution in [0.2, 0.25) is 0 Å². The fourth-order valence-electron chi connectivity index (χ4n) is 3.15. The third-order valence-corrected chi connectivity index (χ3v) is 4.80. The van der Waals surface area contributed by atoms with E-state index < -0.39 is 4.92 Å². The van der Waals surface area contributed by atoms with E-state index in [9.17, 15) is 19.7 Å². The summed E-state index contributed by atoms with van der Waals surface area (Å²) in [5, 5.41) is 10.8. The quantitative estimate of drug-likeness (QED) is 0.109. The molecule has 5 heteroatoms. The molecule has 5 nitrogen and oxygen atoms in total. The topological polar surface area (TPSA) is 77.3 Å². The lowest BCUT2D eigenvalue weighted by atomic mass is 10.0. The Morgan fingerprint density at radius 3 is 2.00 bits per heavy atom. The van der Waals surface area contributed by atoms with Crippen LogP contribution in [-0.4, -0.2) is 16.5 Å². The molecule has 0 aromatic heterocycles. The molecule has 0 aliphatic heterocycles. The number of nitro groups is 1. The fraction of sp³-hybridized carbons (Fsp3) is 0.636. The van der Waals surface area contributed by atoms with Crippen LogP contribution in [0, 0.1) is 10.1 Å². The van der Waals surface area contributed by atoms with Crippen LogP contribution in [0.5, 0.6) is 0 Å². The van der Waals surface area contributed by atoms with E-state index in [2.05, 4.69) is 6.92 Å². The summed E-state index contributed by atoms with van der Waals surface area (Å²) in [6.45, 7) is 2.23. The van der Waals surface area contributed by atoms with Crippen molar-refractivity contribution < 1.29 is 14.5 Å².